The zero-order valence-corrected chi connectivity index (χ0v) is 10.2. The van der Waals surface area contributed by atoms with Gasteiger partial charge in [0.15, 0.2) is 5.82 Å². The first-order chi connectivity index (χ1) is 7.56. The van der Waals surface area contributed by atoms with Crippen LogP contribution < -0.4 is 10.6 Å². The Labute approximate surface area is 100 Å². The molecule has 2 unspecified atom stereocenters. The minimum atomic E-state index is 0.195. The molecular weight excluding hydrogens is 226 g/mol. The van der Waals surface area contributed by atoms with Crippen LogP contribution >= 0.6 is 11.6 Å². The Bertz CT molecular complexity index is 375. The average Bonchev–Trinajstić information content (AvgIpc) is 2.15. The molecule has 2 rings (SSSR count). The van der Waals surface area contributed by atoms with Crippen molar-refractivity contribution < 1.29 is 4.74 Å². The molecule has 0 aromatic carbocycles. The zero-order chi connectivity index (χ0) is 11.7. The number of halogens is 1. The number of nitrogens with zero attached hydrogens (tertiary/aromatic N) is 2. The van der Waals surface area contributed by atoms with Gasteiger partial charge in [-0.05, 0) is 19.9 Å². The fourth-order valence-electron chi connectivity index (χ4n) is 2.06. The first-order valence-corrected chi connectivity index (χ1v) is 5.75. The van der Waals surface area contributed by atoms with Crippen molar-refractivity contribution >= 4 is 23.1 Å². The van der Waals surface area contributed by atoms with E-state index in [1.165, 1.54) is 0 Å². The minimum Gasteiger partial charge on any atom is -0.396 e. The van der Waals surface area contributed by atoms with Crippen LogP contribution in [0.15, 0.2) is 12.3 Å². The van der Waals surface area contributed by atoms with Crippen molar-refractivity contribution in [3.63, 3.8) is 0 Å². The molecule has 2 N–H and O–H groups in total. The van der Waals surface area contributed by atoms with Gasteiger partial charge in [0.1, 0.15) is 0 Å². The Hall–Kier alpha value is -1.00. The normalized spacial score (nSPS) is 25.8. The Kier molecular flexibility index (Phi) is 3.21. The second-order valence-electron chi connectivity index (χ2n) is 4.23. The summed E-state index contributed by atoms with van der Waals surface area (Å²) in [5.74, 6) is 0.798. The van der Waals surface area contributed by atoms with E-state index < -0.39 is 0 Å². The van der Waals surface area contributed by atoms with Crippen LogP contribution in [0.4, 0.5) is 11.5 Å². The number of rotatable bonds is 1. The van der Waals surface area contributed by atoms with E-state index in [1.54, 1.807) is 12.3 Å². The SMILES string of the molecule is CC1CN(c2ncc(Cl)cc2N)CC(C)O1. The quantitative estimate of drug-likeness (QED) is 0.816. The van der Waals surface area contributed by atoms with Crippen molar-refractivity contribution in [2.24, 2.45) is 0 Å². The third-order valence-electron chi connectivity index (χ3n) is 2.58. The average molecular weight is 242 g/mol. The number of nitrogen functional groups attached to an aromatic ring is 1. The van der Waals surface area contributed by atoms with Crippen molar-refractivity contribution in [3.05, 3.63) is 17.3 Å². The van der Waals surface area contributed by atoms with Gasteiger partial charge in [-0.2, -0.15) is 0 Å². The van der Waals surface area contributed by atoms with Crippen LogP contribution in [0.1, 0.15) is 13.8 Å². The summed E-state index contributed by atoms with van der Waals surface area (Å²) in [6.45, 7) is 5.72. The van der Waals surface area contributed by atoms with E-state index in [1.807, 2.05) is 0 Å². The van der Waals surface area contributed by atoms with E-state index >= 15 is 0 Å². The monoisotopic (exact) mass is 241 g/mol. The van der Waals surface area contributed by atoms with Crippen molar-refractivity contribution in [1.29, 1.82) is 0 Å². The van der Waals surface area contributed by atoms with E-state index in [4.69, 9.17) is 22.1 Å². The van der Waals surface area contributed by atoms with E-state index in [0.717, 1.165) is 18.9 Å². The first-order valence-electron chi connectivity index (χ1n) is 5.37. The maximum atomic E-state index is 5.91. The first kappa shape index (κ1) is 11.5. The van der Waals surface area contributed by atoms with E-state index in [9.17, 15) is 0 Å². The molecule has 88 valence electrons. The van der Waals surface area contributed by atoms with Gasteiger partial charge in [0.05, 0.1) is 22.9 Å². The smallest absolute Gasteiger partial charge is 0.152 e. The summed E-state index contributed by atoms with van der Waals surface area (Å²) < 4.78 is 5.67. The molecule has 0 radical (unpaired) electrons. The van der Waals surface area contributed by atoms with Gasteiger partial charge < -0.3 is 15.4 Å². The Morgan fingerprint density at radius 3 is 2.62 bits per heavy atom. The lowest BCUT2D eigenvalue weighted by molar-refractivity contribution is -0.00540. The molecule has 1 aliphatic heterocycles. The lowest BCUT2D eigenvalue weighted by Crippen LogP contribution is -2.46. The van der Waals surface area contributed by atoms with Gasteiger partial charge >= 0.3 is 0 Å². The fraction of sp³-hybridized carbons (Fsp3) is 0.545. The molecule has 2 heterocycles. The molecule has 0 bridgehead atoms. The summed E-state index contributed by atoms with van der Waals surface area (Å²) in [5.41, 5.74) is 6.53. The van der Waals surface area contributed by atoms with Gasteiger partial charge in [-0.25, -0.2) is 4.98 Å². The summed E-state index contributed by atoms with van der Waals surface area (Å²) in [7, 11) is 0. The number of aromatic nitrogens is 1. The summed E-state index contributed by atoms with van der Waals surface area (Å²) in [4.78, 5) is 6.43. The number of hydrogen-bond donors (Lipinski definition) is 1. The Morgan fingerprint density at radius 2 is 2.06 bits per heavy atom. The molecule has 1 aromatic rings. The van der Waals surface area contributed by atoms with Crippen LogP contribution in [0.5, 0.6) is 0 Å². The summed E-state index contributed by atoms with van der Waals surface area (Å²) in [5, 5.41) is 0.565. The number of hydrogen-bond acceptors (Lipinski definition) is 4. The van der Waals surface area contributed by atoms with Crippen molar-refractivity contribution in [3.8, 4) is 0 Å². The molecular formula is C11H16ClN3O. The second kappa shape index (κ2) is 4.47. The van der Waals surface area contributed by atoms with Crippen LogP contribution in [0, 0.1) is 0 Å². The molecule has 5 heteroatoms. The maximum Gasteiger partial charge on any atom is 0.152 e. The molecule has 0 saturated carbocycles. The maximum absolute atomic E-state index is 5.91. The van der Waals surface area contributed by atoms with Crippen LogP contribution in [0.3, 0.4) is 0 Å². The van der Waals surface area contributed by atoms with Gasteiger partial charge in [0.2, 0.25) is 0 Å². The molecule has 1 aliphatic rings. The number of ether oxygens (including phenoxy) is 1. The standard InChI is InChI=1S/C11H16ClN3O/c1-7-5-15(6-8(2)16-7)11-10(13)3-9(12)4-14-11/h3-4,7-8H,5-6,13H2,1-2H3. The fourth-order valence-corrected chi connectivity index (χ4v) is 2.23. The van der Waals surface area contributed by atoms with E-state index in [0.29, 0.717) is 10.7 Å². The summed E-state index contributed by atoms with van der Waals surface area (Å²) >= 11 is 5.83. The molecule has 2 atom stereocenters. The summed E-state index contributed by atoms with van der Waals surface area (Å²) in [6.07, 6.45) is 2.01. The van der Waals surface area contributed by atoms with Gasteiger partial charge in [-0.1, -0.05) is 11.6 Å². The summed E-state index contributed by atoms with van der Waals surface area (Å²) in [6, 6.07) is 1.73. The number of morpholine rings is 1. The van der Waals surface area contributed by atoms with Gasteiger partial charge in [-0.15, -0.1) is 0 Å². The van der Waals surface area contributed by atoms with Crippen LogP contribution in [-0.4, -0.2) is 30.3 Å². The van der Waals surface area contributed by atoms with Crippen molar-refractivity contribution in [2.45, 2.75) is 26.1 Å². The Balaban J connectivity index is 2.23. The lowest BCUT2D eigenvalue weighted by atomic mass is 10.2. The van der Waals surface area contributed by atoms with Gasteiger partial charge in [-0.3, -0.25) is 0 Å². The highest BCUT2D eigenvalue weighted by Crippen LogP contribution is 2.26. The van der Waals surface area contributed by atoms with Crippen LogP contribution in [0.25, 0.3) is 0 Å². The van der Waals surface area contributed by atoms with E-state index in [-0.39, 0.29) is 12.2 Å². The lowest BCUT2D eigenvalue weighted by Gasteiger charge is -2.36. The molecule has 1 aromatic heterocycles. The molecule has 1 saturated heterocycles. The molecule has 0 spiro atoms. The third kappa shape index (κ3) is 2.39. The number of pyridine rings is 1. The topological polar surface area (TPSA) is 51.4 Å². The van der Waals surface area contributed by atoms with Gasteiger partial charge in [0, 0.05) is 19.3 Å². The third-order valence-corrected chi connectivity index (χ3v) is 2.79. The molecule has 16 heavy (non-hydrogen) atoms. The van der Waals surface area contributed by atoms with E-state index in [2.05, 4.69) is 23.7 Å². The molecule has 0 amide bonds. The number of anilines is 2. The van der Waals surface area contributed by atoms with Crippen molar-refractivity contribution in [1.82, 2.24) is 4.98 Å². The van der Waals surface area contributed by atoms with Crippen LogP contribution in [0.2, 0.25) is 5.02 Å². The molecule has 4 nitrogen and oxygen atoms in total. The largest absolute Gasteiger partial charge is 0.396 e. The second-order valence-corrected chi connectivity index (χ2v) is 4.67. The van der Waals surface area contributed by atoms with Crippen molar-refractivity contribution in [2.75, 3.05) is 23.7 Å². The highest BCUT2D eigenvalue weighted by atomic mass is 35.5. The predicted molar refractivity (Wildman–Crippen MR) is 65.9 cm³/mol. The Morgan fingerprint density at radius 1 is 1.44 bits per heavy atom. The number of nitrogens with two attached hydrogens (primary N) is 1. The minimum absolute atomic E-state index is 0.195. The highest BCUT2D eigenvalue weighted by molar-refractivity contribution is 6.30. The van der Waals surface area contributed by atoms with Crippen LogP contribution in [-0.2, 0) is 4.74 Å². The zero-order valence-electron chi connectivity index (χ0n) is 9.48. The molecule has 1 fully saturated rings. The van der Waals surface area contributed by atoms with Gasteiger partial charge in [0.25, 0.3) is 0 Å². The molecule has 0 aliphatic carbocycles. The predicted octanol–water partition coefficient (Wildman–Crippen LogP) is 1.93. The highest BCUT2D eigenvalue weighted by Gasteiger charge is 2.24.